The van der Waals surface area contributed by atoms with E-state index in [0.717, 1.165) is 0 Å². The third-order valence-corrected chi connectivity index (χ3v) is 2.49. The zero-order valence-electron chi connectivity index (χ0n) is 11.9. The molecule has 0 aliphatic heterocycles. The highest BCUT2D eigenvalue weighted by atomic mass is 16.3. The van der Waals surface area contributed by atoms with Gasteiger partial charge in [-0.25, -0.2) is 4.79 Å². The summed E-state index contributed by atoms with van der Waals surface area (Å²) in [6, 6.07) is 6.46. The maximum atomic E-state index is 11.6. The van der Waals surface area contributed by atoms with Crippen LogP contribution < -0.4 is 16.0 Å². The molecule has 20 heavy (non-hydrogen) atoms. The van der Waals surface area contributed by atoms with E-state index in [0.29, 0.717) is 11.3 Å². The van der Waals surface area contributed by atoms with Crippen LogP contribution in [0.2, 0.25) is 0 Å². The third-order valence-electron chi connectivity index (χ3n) is 2.49. The monoisotopic (exact) mass is 279 g/mol. The van der Waals surface area contributed by atoms with Crippen molar-refractivity contribution in [3.8, 4) is 0 Å². The number of aliphatic hydroxyl groups is 1. The molecule has 0 heterocycles. The lowest BCUT2D eigenvalue weighted by Gasteiger charge is -2.11. The molecule has 0 spiro atoms. The van der Waals surface area contributed by atoms with Crippen molar-refractivity contribution in [2.75, 3.05) is 11.9 Å². The molecule has 3 amide bonds. The molecule has 4 N–H and O–H groups in total. The molecule has 1 atom stereocenters. The van der Waals surface area contributed by atoms with E-state index in [1.807, 2.05) is 13.8 Å². The van der Waals surface area contributed by atoms with Crippen LogP contribution in [0, 0.1) is 0 Å². The molecule has 0 radical (unpaired) electrons. The lowest BCUT2D eigenvalue weighted by molar-refractivity contribution is -0.120. The molecule has 1 rings (SSSR count). The van der Waals surface area contributed by atoms with Gasteiger partial charge in [-0.1, -0.05) is 12.1 Å². The largest absolute Gasteiger partial charge is 0.389 e. The van der Waals surface area contributed by atoms with Crippen molar-refractivity contribution >= 4 is 17.6 Å². The van der Waals surface area contributed by atoms with E-state index in [1.54, 1.807) is 31.2 Å². The summed E-state index contributed by atoms with van der Waals surface area (Å²) in [5.41, 5.74) is 1.27. The van der Waals surface area contributed by atoms with Crippen molar-refractivity contribution < 1.29 is 14.7 Å². The van der Waals surface area contributed by atoms with Crippen molar-refractivity contribution in [1.29, 1.82) is 0 Å². The Morgan fingerprint density at radius 1 is 1.25 bits per heavy atom. The van der Waals surface area contributed by atoms with Gasteiger partial charge in [-0.2, -0.15) is 0 Å². The molecule has 0 aromatic heterocycles. The molecule has 0 fully saturated rings. The fraction of sp³-hybridized carbons (Fsp3) is 0.429. The summed E-state index contributed by atoms with van der Waals surface area (Å²) in [6.45, 7) is 5.26. The van der Waals surface area contributed by atoms with Gasteiger partial charge in [0.25, 0.3) is 0 Å². The molecule has 6 nitrogen and oxygen atoms in total. The van der Waals surface area contributed by atoms with Gasteiger partial charge in [0.15, 0.2) is 0 Å². The van der Waals surface area contributed by atoms with Crippen LogP contribution in [0.5, 0.6) is 0 Å². The molecule has 0 bridgehead atoms. The molecule has 0 saturated heterocycles. The van der Waals surface area contributed by atoms with Gasteiger partial charge in [0, 0.05) is 11.7 Å². The smallest absolute Gasteiger partial charge is 0.319 e. The zero-order chi connectivity index (χ0) is 15.1. The van der Waals surface area contributed by atoms with Gasteiger partial charge in [0.05, 0.1) is 12.6 Å². The van der Waals surface area contributed by atoms with Crippen molar-refractivity contribution in [2.24, 2.45) is 0 Å². The highest BCUT2D eigenvalue weighted by molar-refractivity contribution is 5.92. The van der Waals surface area contributed by atoms with Crippen LogP contribution in [-0.4, -0.2) is 29.6 Å². The maximum Gasteiger partial charge on any atom is 0.319 e. The highest BCUT2D eigenvalue weighted by Crippen LogP contribution is 2.16. The number of benzene rings is 1. The number of urea groups is 1. The Bertz CT molecular complexity index is 472. The van der Waals surface area contributed by atoms with Crippen LogP contribution in [0.15, 0.2) is 24.3 Å². The highest BCUT2D eigenvalue weighted by Gasteiger charge is 2.07. The van der Waals surface area contributed by atoms with Gasteiger partial charge in [-0.05, 0) is 38.5 Å². The van der Waals surface area contributed by atoms with Crippen LogP contribution in [-0.2, 0) is 4.79 Å². The topological polar surface area (TPSA) is 90.5 Å². The summed E-state index contributed by atoms with van der Waals surface area (Å²) < 4.78 is 0. The molecule has 1 aromatic rings. The number of rotatable bonds is 5. The predicted octanol–water partition coefficient (Wildman–Crippen LogP) is 1.39. The lowest BCUT2D eigenvalue weighted by Crippen LogP contribution is -2.41. The second-order valence-corrected chi connectivity index (χ2v) is 4.83. The maximum absolute atomic E-state index is 11.6. The first-order valence-corrected chi connectivity index (χ1v) is 6.50. The van der Waals surface area contributed by atoms with Gasteiger partial charge in [0.1, 0.15) is 0 Å². The van der Waals surface area contributed by atoms with Crippen molar-refractivity contribution in [2.45, 2.75) is 32.9 Å². The van der Waals surface area contributed by atoms with Crippen molar-refractivity contribution in [3.05, 3.63) is 29.8 Å². The Hall–Kier alpha value is -2.08. The quantitative estimate of drug-likeness (QED) is 0.656. The fourth-order valence-electron chi connectivity index (χ4n) is 1.59. The van der Waals surface area contributed by atoms with E-state index in [9.17, 15) is 14.7 Å². The summed E-state index contributed by atoms with van der Waals surface area (Å²) in [6.07, 6.45) is -0.600. The van der Waals surface area contributed by atoms with E-state index >= 15 is 0 Å². The summed E-state index contributed by atoms with van der Waals surface area (Å²) >= 11 is 0. The van der Waals surface area contributed by atoms with Crippen LogP contribution in [0.25, 0.3) is 0 Å². The second-order valence-electron chi connectivity index (χ2n) is 4.83. The second kappa shape index (κ2) is 7.49. The van der Waals surface area contributed by atoms with Gasteiger partial charge in [-0.3, -0.25) is 4.79 Å². The zero-order valence-corrected chi connectivity index (χ0v) is 11.9. The average molecular weight is 279 g/mol. The Labute approximate surface area is 118 Å². The first-order chi connectivity index (χ1) is 9.38. The predicted molar refractivity (Wildman–Crippen MR) is 77.4 cm³/mol. The molecule has 110 valence electrons. The van der Waals surface area contributed by atoms with E-state index < -0.39 is 12.1 Å². The van der Waals surface area contributed by atoms with E-state index in [-0.39, 0.29) is 18.5 Å². The minimum atomic E-state index is -0.600. The third kappa shape index (κ3) is 5.71. The lowest BCUT2D eigenvalue weighted by atomic mass is 10.1. The number of hydrogen-bond acceptors (Lipinski definition) is 3. The summed E-state index contributed by atoms with van der Waals surface area (Å²) in [4.78, 5) is 23.0. The minimum Gasteiger partial charge on any atom is -0.389 e. The van der Waals surface area contributed by atoms with Crippen LogP contribution >= 0.6 is 0 Å². The summed E-state index contributed by atoms with van der Waals surface area (Å²) in [5.74, 6) is -0.243. The van der Waals surface area contributed by atoms with Gasteiger partial charge in [-0.15, -0.1) is 0 Å². The van der Waals surface area contributed by atoms with Crippen LogP contribution in [0.4, 0.5) is 10.5 Å². The first-order valence-electron chi connectivity index (χ1n) is 6.50. The number of amides is 3. The molecular formula is C14H21N3O3. The fourth-order valence-corrected chi connectivity index (χ4v) is 1.59. The number of nitrogens with one attached hydrogen (secondary N) is 3. The Morgan fingerprint density at radius 2 is 1.95 bits per heavy atom. The van der Waals surface area contributed by atoms with Crippen molar-refractivity contribution in [3.63, 3.8) is 0 Å². The van der Waals surface area contributed by atoms with Crippen LogP contribution in [0.3, 0.4) is 0 Å². The molecular weight excluding hydrogens is 258 g/mol. The molecule has 6 heteroatoms. The summed E-state index contributed by atoms with van der Waals surface area (Å²) in [5, 5.41) is 17.2. The minimum absolute atomic E-state index is 0.0371. The van der Waals surface area contributed by atoms with Gasteiger partial charge in [0.2, 0.25) is 5.91 Å². The summed E-state index contributed by atoms with van der Waals surface area (Å²) in [7, 11) is 0. The van der Waals surface area contributed by atoms with E-state index in [4.69, 9.17) is 0 Å². The normalized spacial score (nSPS) is 11.8. The van der Waals surface area contributed by atoms with Crippen molar-refractivity contribution in [1.82, 2.24) is 10.6 Å². The van der Waals surface area contributed by atoms with Gasteiger partial charge < -0.3 is 21.1 Å². The molecule has 1 aromatic carbocycles. The molecule has 0 aliphatic carbocycles. The number of anilines is 1. The van der Waals surface area contributed by atoms with Crippen LogP contribution in [0.1, 0.15) is 32.4 Å². The molecule has 1 unspecified atom stereocenters. The Balaban J connectivity index is 2.46. The number of carbonyl (C=O) groups excluding carboxylic acids is 2. The number of hydrogen-bond donors (Lipinski definition) is 4. The first kappa shape index (κ1) is 16.0. The number of aliphatic hydroxyl groups excluding tert-OH is 1. The van der Waals surface area contributed by atoms with E-state index in [2.05, 4.69) is 16.0 Å². The van der Waals surface area contributed by atoms with Gasteiger partial charge >= 0.3 is 6.03 Å². The average Bonchev–Trinajstić information content (AvgIpc) is 2.36. The van der Waals surface area contributed by atoms with E-state index in [1.165, 1.54) is 0 Å². The SMILES string of the molecule is CC(C)NC(=O)CNC(=O)Nc1cccc(C(C)O)c1. The Morgan fingerprint density at radius 3 is 2.55 bits per heavy atom. The molecule has 0 aliphatic rings. The number of carbonyl (C=O) groups is 2. The standard InChI is InChI=1S/C14H21N3O3/c1-9(2)16-13(19)8-15-14(20)17-12-6-4-5-11(7-12)10(3)18/h4-7,9-10,18H,8H2,1-3H3,(H,16,19)(H2,15,17,20). The molecule has 0 saturated carbocycles. The Kier molecular flexibility index (Phi) is 5.99.